The number of nitro groups is 1. The van der Waals surface area contributed by atoms with Crippen LogP contribution in [0.25, 0.3) is 0 Å². The normalized spacial score (nSPS) is 13.9. The van der Waals surface area contributed by atoms with Crippen LogP contribution in [0.15, 0.2) is 23.4 Å². The lowest BCUT2D eigenvalue weighted by Crippen LogP contribution is -2.37. The molecule has 12 heteroatoms. The second kappa shape index (κ2) is 9.56. The highest BCUT2D eigenvalue weighted by molar-refractivity contribution is 7.99. The van der Waals surface area contributed by atoms with Gasteiger partial charge in [-0.3, -0.25) is 19.5 Å². The zero-order valence-corrected chi connectivity index (χ0v) is 17.0. The molecule has 0 saturated carbocycles. The van der Waals surface area contributed by atoms with E-state index in [0.717, 1.165) is 19.0 Å². The van der Waals surface area contributed by atoms with E-state index in [1.807, 2.05) is 11.6 Å². The summed E-state index contributed by atoms with van der Waals surface area (Å²) < 4.78 is 12.4. The molecular formula is C17H22N6O5S. The highest BCUT2D eigenvalue weighted by atomic mass is 32.2. The molecule has 1 amide bonds. The van der Waals surface area contributed by atoms with Gasteiger partial charge in [-0.1, -0.05) is 11.8 Å². The molecule has 3 rings (SSSR count). The lowest BCUT2D eigenvalue weighted by molar-refractivity contribution is -0.384. The molecule has 1 aromatic heterocycles. The van der Waals surface area contributed by atoms with Crippen molar-refractivity contribution in [2.75, 3.05) is 48.9 Å². The lowest BCUT2D eigenvalue weighted by atomic mass is 10.2. The Morgan fingerprint density at radius 1 is 1.38 bits per heavy atom. The Labute approximate surface area is 171 Å². The summed E-state index contributed by atoms with van der Waals surface area (Å²) in [6.07, 6.45) is 0. The van der Waals surface area contributed by atoms with Crippen LogP contribution >= 0.6 is 11.8 Å². The minimum Gasteiger partial charge on any atom is -0.494 e. The Bertz CT molecular complexity index is 883. The van der Waals surface area contributed by atoms with Crippen LogP contribution in [0.4, 0.5) is 17.3 Å². The van der Waals surface area contributed by atoms with Crippen molar-refractivity contribution < 1.29 is 19.2 Å². The minimum atomic E-state index is -0.553. The standard InChI is InChI=1S/C17H22N6O5S/c1-3-28-12-4-5-13(14(10-12)23(25)26)18-15(24)11-29-17-20-19-16(21(17)2)22-6-8-27-9-7-22/h4-5,10H,3,6-9,11H2,1-2H3,(H,18,24). The first-order chi connectivity index (χ1) is 14.0. The average molecular weight is 422 g/mol. The van der Waals surface area contributed by atoms with Gasteiger partial charge >= 0.3 is 0 Å². The first-order valence-electron chi connectivity index (χ1n) is 9.05. The van der Waals surface area contributed by atoms with E-state index in [-0.39, 0.29) is 23.0 Å². The fourth-order valence-electron chi connectivity index (χ4n) is 2.81. The molecule has 2 heterocycles. The monoisotopic (exact) mass is 422 g/mol. The molecule has 1 N–H and O–H groups in total. The van der Waals surface area contributed by atoms with Crippen molar-refractivity contribution in [2.45, 2.75) is 12.1 Å². The van der Waals surface area contributed by atoms with Crippen molar-refractivity contribution in [3.8, 4) is 5.75 Å². The maximum absolute atomic E-state index is 12.3. The number of carbonyl (C=O) groups is 1. The summed E-state index contributed by atoms with van der Waals surface area (Å²) in [6.45, 7) is 4.92. The number of nitro benzene ring substituents is 1. The third kappa shape index (κ3) is 5.15. The molecule has 1 fully saturated rings. The van der Waals surface area contributed by atoms with Crippen molar-refractivity contribution in [1.82, 2.24) is 14.8 Å². The second-order valence-corrected chi connectivity index (χ2v) is 7.09. The largest absolute Gasteiger partial charge is 0.494 e. The molecule has 0 spiro atoms. The maximum atomic E-state index is 12.3. The topological polar surface area (TPSA) is 125 Å². The zero-order chi connectivity index (χ0) is 20.8. The summed E-state index contributed by atoms with van der Waals surface area (Å²) in [4.78, 5) is 25.1. The van der Waals surface area contributed by atoms with Gasteiger partial charge in [0.25, 0.3) is 5.69 Å². The summed E-state index contributed by atoms with van der Waals surface area (Å²) in [5.74, 6) is 0.761. The number of carbonyl (C=O) groups excluding carboxylic acids is 1. The molecule has 0 atom stereocenters. The highest BCUT2D eigenvalue weighted by Crippen LogP contribution is 2.29. The van der Waals surface area contributed by atoms with Crippen LogP contribution in [0.1, 0.15) is 6.92 Å². The molecule has 1 aliphatic heterocycles. The van der Waals surface area contributed by atoms with Gasteiger partial charge in [0, 0.05) is 20.1 Å². The first-order valence-corrected chi connectivity index (χ1v) is 10.0. The third-order valence-corrected chi connectivity index (χ3v) is 5.21. The van der Waals surface area contributed by atoms with Crippen molar-refractivity contribution >= 4 is 35.0 Å². The molecule has 11 nitrogen and oxygen atoms in total. The quantitative estimate of drug-likeness (QED) is 0.384. The van der Waals surface area contributed by atoms with Gasteiger partial charge in [-0.15, -0.1) is 10.2 Å². The summed E-state index contributed by atoms with van der Waals surface area (Å²) in [5.41, 5.74) is -0.0985. The van der Waals surface area contributed by atoms with Gasteiger partial charge in [0.1, 0.15) is 11.4 Å². The number of ether oxygens (including phenoxy) is 2. The first kappa shape index (κ1) is 20.9. The van der Waals surface area contributed by atoms with Crippen molar-refractivity contribution in [3.05, 3.63) is 28.3 Å². The third-order valence-electron chi connectivity index (χ3n) is 4.19. The van der Waals surface area contributed by atoms with Crippen LogP contribution in [-0.2, 0) is 16.6 Å². The highest BCUT2D eigenvalue weighted by Gasteiger charge is 2.20. The van der Waals surface area contributed by atoms with Gasteiger partial charge in [0.2, 0.25) is 11.9 Å². The Morgan fingerprint density at radius 3 is 2.83 bits per heavy atom. The number of aromatic nitrogens is 3. The number of amides is 1. The number of benzene rings is 1. The molecule has 156 valence electrons. The number of nitrogens with zero attached hydrogens (tertiary/aromatic N) is 5. The summed E-state index contributed by atoms with van der Waals surface area (Å²) >= 11 is 1.21. The number of rotatable bonds is 8. The van der Waals surface area contributed by atoms with Crippen molar-refractivity contribution in [3.63, 3.8) is 0 Å². The van der Waals surface area contributed by atoms with E-state index in [9.17, 15) is 14.9 Å². The molecule has 0 aliphatic carbocycles. The van der Waals surface area contributed by atoms with Gasteiger partial charge in [-0.2, -0.15) is 0 Å². The number of morpholine rings is 1. The molecule has 1 aliphatic rings. The van der Waals surface area contributed by atoms with Crippen LogP contribution in [0.2, 0.25) is 0 Å². The number of hydrogen-bond donors (Lipinski definition) is 1. The van der Waals surface area contributed by atoms with E-state index < -0.39 is 4.92 Å². The summed E-state index contributed by atoms with van der Waals surface area (Å²) in [7, 11) is 1.84. The lowest BCUT2D eigenvalue weighted by Gasteiger charge is -2.27. The fraction of sp³-hybridized carbons (Fsp3) is 0.471. The van der Waals surface area contributed by atoms with Gasteiger partial charge in [-0.25, -0.2) is 0 Å². The molecule has 0 bridgehead atoms. The molecule has 0 unspecified atom stereocenters. The van der Waals surface area contributed by atoms with E-state index >= 15 is 0 Å². The smallest absolute Gasteiger partial charge is 0.296 e. The second-order valence-electron chi connectivity index (χ2n) is 6.15. The van der Waals surface area contributed by atoms with Crippen LogP contribution in [0, 0.1) is 10.1 Å². The van der Waals surface area contributed by atoms with E-state index in [1.165, 1.54) is 23.9 Å². The van der Waals surface area contributed by atoms with Gasteiger partial charge < -0.3 is 19.7 Å². The molecule has 0 radical (unpaired) electrons. The van der Waals surface area contributed by atoms with Crippen LogP contribution < -0.4 is 15.0 Å². The number of nitrogens with one attached hydrogen (secondary N) is 1. The Morgan fingerprint density at radius 2 is 2.14 bits per heavy atom. The molecule has 2 aromatic rings. The number of anilines is 2. The maximum Gasteiger partial charge on any atom is 0.296 e. The van der Waals surface area contributed by atoms with Crippen LogP contribution in [0.3, 0.4) is 0 Å². The fourth-order valence-corrected chi connectivity index (χ4v) is 3.52. The predicted molar refractivity (Wildman–Crippen MR) is 108 cm³/mol. The molecule has 29 heavy (non-hydrogen) atoms. The van der Waals surface area contributed by atoms with Crippen molar-refractivity contribution in [1.29, 1.82) is 0 Å². The predicted octanol–water partition coefficient (Wildman–Crippen LogP) is 1.69. The average Bonchev–Trinajstić information content (AvgIpc) is 3.08. The number of thioether (sulfide) groups is 1. The molecular weight excluding hydrogens is 400 g/mol. The minimum absolute atomic E-state index is 0.0411. The Kier molecular flexibility index (Phi) is 6.88. The van der Waals surface area contributed by atoms with E-state index in [1.54, 1.807) is 13.0 Å². The van der Waals surface area contributed by atoms with Gasteiger partial charge in [0.05, 0.1) is 36.6 Å². The molecule has 1 aromatic carbocycles. The van der Waals surface area contributed by atoms with Crippen molar-refractivity contribution in [2.24, 2.45) is 7.05 Å². The Balaban J connectivity index is 1.62. The van der Waals surface area contributed by atoms with Gasteiger partial charge in [-0.05, 0) is 19.1 Å². The van der Waals surface area contributed by atoms with E-state index in [0.29, 0.717) is 30.7 Å². The van der Waals surface area contributed by atoms with E-state index in [2.05, 4.69) is 20.4 Å². The summed E-state index contributed by atoms with van der Waals surface area (Å²) in [6, 6.07) is 4.34. The number of hydrogen-bond acceptors (Lipinski definition) is 9. The van der Waals surface area contributed by atoms with Crippen LogP contribution in [-0.4, -0.2) is 64.3 Å². The zero-order valence-electron chi connectivity index (χ0n) is 16.2. The van der Waals surface area contributed by atoms with Gasteiger partial charge in [0.15, 0.2) is 5.16 Å². The summed E-state index contributed by atoms with van der Waals surface area (Å²) in [5, 5.41) is 22.8. The Hall–Kier alpha value is -2.86. The SMILES string of the molecule is CCOc1ccc(NC(=O)CSc2nnc(N3CCOCC3)n2C)c([N+](=O)[O-])c1. The van der Waals surface area contributed by atoms with E-state index in [4.69, 9.17) is 9.47 Å². The molecule has 1 saturated heterocycles. The van der Waals surface area contributed by atoms with Crippen LogP contribution in [0.5, 0.6) is 5.75 Å².